The molecule has 0 radical (unpaired) electrons. The van der Waals surface area contributed by atoms with Crippen molar-refractivity contribution in [3.05, 3.63) is 54.1 Å². The molecule has 0 saturated heterocycles. The second-order valence-electron chi connectivity index (χ2n) is 6.72. The van der Waals surface area contributed by atoms with Gasteiger partial charge in [-0.3, -0.25) is 0 Å². The zero-order chi connectivity index (χ0) is 16.4. The van der Waals surface area contributed by atoms with E-state index in [2.05, 4.69) is 58.8 Å². The minimum Gasteiger partial charge on any atom is -0.381 e. The van der Waals surface area contributed by atoms with Gasteiger partial charge in [0.15, 0.2) is 0 Å². The number of aromatic nitrogens is 1. The third-order valence-corrected chi connectivity index (χ3v) is 4.90. The van der Waals surface area contributed by atoms with Crippen molar-refractivity contribution in [1.29, 1.82) is 0 Å². The van der Waals surface area contributed by atoms with Crippen LogP contribution in [0.1, 0.15) is 31.2 Å². The van der Waals surface area contributed by atoms with Crippen molar-refractivity contribution < 1.29 is 4.74 Å². The molecule has 0 unspecified atom stereocenters. The number of methoxy groups -OCH3 is 1. The molecule has 1 aromatic heterocycles. The Hall–Kier alpha value is -2.26. The molecule has 0 aliphatic heterocycles. The lowest BCUT2D eigenvalue weighted by molar-refractivity contribution is 0.185. The van der Waals surface area contributed by atoms with Gasteiger partial charge in [0.25, 0.3) is 0 Å². The van der Waals surface area contributed by atoms with Gasteiger partial charge in [-0.2, -0.15) is 0 Å². The molecule has 1 aliphatic carbocycles. The second-order valence-corrected chi connectivity index (χ2v) is 6.72. The fraction of sp³-hybridized carbons (Fsp3) is 0.333. The molecule has 4 rings (SSSR count). The molecule has 124 valence electrons. The number of hydrogen-bond acceptors (Lipinski definition) is 2. The van der Waals surface area contributed by atoms with Crippen molar-refractivity contribution in [2.45, 2.75) is 38.3 Å². The molecule has 0 atom stereocenters. The van der Waals surface area contributed by atoms with Crippen molar-refractivity contribution in [2.75, 3.05) is 12.4 Å². The predicted octanol–water partition coefficient (Wildman–Crippen LogP) is 5.34. The highest BCUT2D eigenvalue weighted by Crippen LogP contribution is 2.32. The van der Waals surface area contributed by atoms with Crippen LogP contribution in [0.4, 0.5) is 5.69 Å². The number of rotatable bonds is 5. The monoisotopic (exact) mass is 320 g/mol. The number of aromatic amines is 1. The number of fused-ring (bicyclic) bond motifs is 1. The van der Waals surface area contributed by atoms with E-state index in [1.165, 1.54) is 53.4 Å². The second kappa shape index (κ2) is 6.70. The maximum Gasteiger partial charge on any atom is 0.0714 e. The highest BCUT2D eigenvalue weighted by Gasteiger charge is 2.17. The fourth-order valence-electron chi connectivity index (χ4n) is 3.73. The quantitative estimate of drug-likeness (QED) is 0.666. The van der Waals surface area contributed by atoms with E-state index < -0.39 is 0 Å². The van der Waals surface area contributed by atoms with E-state index in [-0.39, 0.29) is 0 Å². The van der Waals surface area contributed by atoms with Crippen LogP contribution in [0.3, 0.4) is 0 Å². The van der Waals surface area contributed by atoms with Crippen LogP contribution in [0.5, 0.6) is 0 Å². The zero-order valence-electron chi connectivity index (χ0n) is 14.1. The van der Waals surface area contributed by atoms with Gasteiger partial charge in [0.2, 0.25) is 0 Å². The van der Waals surface area contributed by atoms with Gasteiger partial charge in [-0.05, 0) is 42.2 Å². The molecule has 24 heavy (non-hydrogen) atoms. The molecule has 1 saturated carbocycles. The highest BCUT2D eigenvalue weighted by atomic mass is 16.5. The van der Waals surface area contributed by atoms with Gasteiger partial charge in [-0.25, -0.2) is 0 Å². The van der Waals surface area contributed by atoms with E-state index in [0.717, 1.165) is 5.69 Å². The van der Waals surface area contributed by atoms with Crippen LogP contribution >= 0.6 is 0 Å². The van der Waals surface area contributed by atoms with Crippen LogP contribution < -0.4 is 5.32 Å². The van der Waals surface area contributed by atoms with E-state index in [1.54, 1.807) is 7.11 Å². The Morgan fingerprint density at radius 1 is 1.08 bits per heavy atom. The number of anilines is 1. The molecule has 3 nitrogen and oxygen atoms in total. The average Bonchev–Trinajstić information content (AvgIpc) is 3.25. The molecular weight excluding hydrogens is 296 g/mol. The van der Waals surface area contributed by atoms with Gasteiger partial charge in [0.1, 0.15) is 0 Å². The topological polar surface area (TPSA) is 37.0 Å². The summed E-state index contributed by atoms with van der Waals surface area (Å²) >= 11 is 0. The third-order valence-electron chi connectivity index (χ3n) is 4.90. The van der Waals surface area contributed by atoms with Gasteiger partial charge >= 0.3 is 0 Å². The van der Waals surface area contributed by atoms with Crippen LogP contribution in [0.15, 0.2) is 48.5 Å². The van der Waals surface area contributed by atoms with Crippen LogP contribution in [0, 0.1) is 0 Å². The Morgan fingerprint density at radius 3 is 2.62 bits per heavy atom. The van der Waals surface area contributed by atoms with Gasteiger partial charge in [0.05, 0.1) is 17.8 Å². The SMILES string of the molecule is COCc1cc(NC2CCCC2)c2[nH]c(-c3ccccc3)cc2c1. The first-order valence-corrected chi connectivity index (χ1v) is 8.80. The molecule has 3 aromatic rings. The molecule has 1 aliphatic rings. The molecule has 3 heteroatoms. The molecule has 2 N–H and O–H groups in total. The summed E-state index contributed by atoms with van der Waals surface area (Å²) in [4.78, 5) is 3.62. The maximum atomic E-state index is 5.36. The Kier molecular flexibility index (Phi) is 4.26. The van der Waals surface area contributed by atoms with E-state index in [9.17, 15) is 0 Å². The van der Waals surface area contributed by atoms with E-state index in [4.69, 9.17) is 4.74 Å². The molecule has 0 bridgehead atoms. The molecule has 1 heterocycles. The fourth-order valence-corrected chi connectivity index (χ4v) is 3.73. The summed E-state index contributed by atoms with van der Waals surface area (Å²) in [5.41, 5.74) is 5.99. The third kappa shape index (κ3) is 3.04. The smallest absolute Gasteiger partial charge is 0.0714 e. The van der Waals surface area contributed by atoms with Crippen LogP contribution in [0.25, 0.3) is 22.2 Å². The summed E-state index contributed by atoms with van der Waals surface area (Å²) in [5, 5.41) is 5.00. The lowest BCUT2D eigenvalue weighted by atomic mass is 10.1. The van der Waals surface area contributed by atoms with E-state index in [0.29, 0.717) is 12.6 Å². The summed E-state index contributed by atoms with van der Waals surface area (Å²) in [6, 6.07) is 17.8. The molecule has 1 fully saturated rings. The summed E-state index contributed by atoms with van der Waals surface area (Å²) < 4.78 is 5.36. The maximum absolute atomic E-state index is 5.36. The van der Waals surface area contributed by atoms with Crippen LogP contribution in [-0.2, 0) is 11.3 Å². The molecular formula is C21H24N2O. The Balaban J connectivity index is 1.77. The summed E-state index contributed by atoms with van der Waals surface area (Å²) in [5.74, 6) is 0. The van der Waals surface area contributed by atoms with Gasteiger partial charge in [0, 0.05) is 24.2 Å². The summed E-state index contributed by atoms with van der Waals surface area (Å²) in [6.07, 6.45) is 5.20. The first kappa shape index (κ1) is 15.3. The first-order chi connectivity index (χ1) is 11.8. The minimum absolute atomic E-state index is 0.592. The summed E-state index contributed by atoms with van der Waals surface area (Å²) in [6.45, 7) is 0.640. The highest BCUT2D eigenvalue weighted by molar-refractivity contribution is 5.95. The largest absolute Gasteiger partial charge is 0.381 e. The van der Waals surface area contributed by atoms with E-state index in [1.807, 2.05) is 0 Å². The van der Waals surface area contributed by atoms with Crippen molar-refractivity contribution in [1.82, 2.24) is 4.98 Å². The van der Waals surface area contributed by atoms with Crippen molar-refractivity contribution in [2.24, 2.45) is 0 Å². The zero-order valence-corrected chi connectivity index (χ0v) is 14.1. The molecule has 0 amide bonds. The molecule has 0 spiro atoms. The van der Waals surface area contributed by atoms with Crippen molar-refractivity contribution in [3.63, 3.8) is 0 Å². The van der Waals surface area contributed by atoms with Crippen molar-refractivity contribution >= 4 is 16.6 Å². The number of nitrogens with one attached hydrogen (secondary N) is 2. The Labute approximate surface area is 143 Å². The first-order valence-electron chi connectivity index (χ1n) is 8.80. The number of benzene rings is 2. The number of hydrogen-bond donors (Lipinski definition) is 2. The van der Waals surface area contributed by atoms with Gasteiger partial charge in [-0.15, -0.1) is 0 Å². The minimum atomic E-state index is 0.592. The van der Waals surface area contributed by atoms with Gasteiger partial charge < -0.3 is 15.0 Å². The number of H-pyrrole nitrogens is 1. The average molecular weight is 320 g/mol. The van der Waals surface area contributed by atoms with E-state index >= 15 is 0 Å². The van der Waals surface area contributed by atoms with Crippen molar-refractivity contribution in [3.8, 4) is 11.3 Å². The van der Waals surface area contributed by atoms with Crippen LogP contribution in [-0.4, -0.2) is 18.1 Å². The lowest BCUT2D eigenvalue weighted by Gasteiger charge is -2.15. The van der Waals surface area contributed by atoms with Gasteiger partial charge in [-0.1, -0.05) is 43.2 Å². The standard InChI is InChI=1S/C21H24N2O/c1-24-14-15-11-17-13-19(16-7-3-2-4-8-16)23-21(17)20(12-15)22-18-9-5-6-10-18/h2-4,7-8,11-13,18,22-23H,5-6,9-10,14H2,1H3. The van der Waals surface area contributed by atoms with Crippen LogP contribution in [0.2, 0.25) is 0 Å². The number of ether oxygens (including phenoxy) is 1. The Bertz CT molecular complexity index is 816. The lowest BCUT2D eigenvalue weighted by Crippen LogP contribution is -2.15. The predicted molar refractivity (Wildman–Crippen MR) is 100 cm³/mol. The molecule has 2 aromatic carbocycles. The Morgan fingerprint density at radius 2 is 1.88 bits per heavy atom. The summed E-state index contributed by atoms with van der Waals surface area (Å²) in [7, 11) is 1.75. The normalized spacial score (nSPS) is 15.2.